The van der Waals surface area contributed by atoms with Crippen LogP contribution in [0.1, 0.15) is 19.8 Å². The Morgan fingerprint density at radius 2 is 2.21 bits per heavy atom. The lowest BCUT2D eigenvalue weighted by Gasteiger charge is -2.28. The van der Waals surface area contributed by atoms with E-state index in [-0.39, 0.29) is 0 Å². The van der Waals surface area contributed by atoms with Gasteiger partial charge in [-0.3, -0.25) is 4.90 Å². The smallest absolute Gasteiger partial charge is 0.186 e. The summed E-state index contributed by atoms with van der Waals surface area (Å²) in [6.07, 6.45) is 2.57. The van der Waals surface area contributed by atoms with Crippen molar-refractivity contribution in [1.29, 1.82) is 0 Å². The van der Waals surface area contributed by atoms with Gasteiger partial charge in [0, 0.05) is 30.6 Å². The summed E-state index contributed by atoms with van der Waals surface area (Å²) >= 11 is 1.66. The van der Waals surface area contributed by atoms with Crippen molar-refractivity contribution in [1.82, 2.24) is 24.7 Å². The highest BCUT2D eigenvalue weighted by molar-refractivity contribution is 7.08. The van der Waals surface area contributed by atoms with Crippen LogP contribution in [-0.4, -0.2) is 57.4 Å². The first-order chi connectivity index (χ1) is 11.8. The zero-order valence-electron chi connectivity index (χ0n) is 14.1. The lowest BCUT2D eigenvalue weighted by molar-refractivity contribution is 0.270. The number of aromatic nitrogens is 4. The third kappa shape index (κ3) is 2.78. The van der Waals surface area contributed by atoms with E-state index in [9.17, 15) is 0 Å². The highest BCUT2D eigenvalue weighted by atomic mass is 32.1. The molecule has 1 aliphatic heterocycles. The number of thiophene rings is 1. The van der Waals surface area contributed by atoms with E-state index in [4.69, 9.17) is 5.10 Å². The van der Waals surface area contributed by atoms with Crippen LogP contribution in [0.15, 0.2) is 29.0 Å². The van der Waals surface area contributed by atoms with Gasteiger partial charge in [-0.1, -0.05) is 6.92 Å². The number of likely N-dealkylation sites (N-methyl/N-ethyl adjacent to an activating group) is 2. The van der Waals surface area contributed by atoms with E-state index in [1.807, 2.05) is 22.0 Å². The Balaban J connectivity index is 1.61. The lowest BCUT2D eigenvalue weighted by atomic mass is 10.2. The molecule has 4 rings (SSSR count). The largest absolute Gasteiger partial charge is 0.357 e. The Morgan fingerprint density at radius 1 is 1.29 bits per heavy atom. The van der Waals surface area contributed by atoms with Gasteiger partial charge in [-0.05, 0) is 49.5 Å². The molecule has 24 heavy (non-hydrogen) atoms. The van der Waals surface area contributed by atoms with E-state index in [0.29, 0.717) is 6.04 Å². The van der Waals surface area contributed by atoms with Gasteiger partial charge in [0.25, 0.3) is 0 Å². The summed E-state index contributed by atoms with van der Waals surface area (Å²) in [4.78, 5) is 4.81. The van der Waals surface area contributed by atoms with Gasteiger partial charge in [0.1, 0.15) is 5.82 Å². The second-order valence-corrected chi connectivity index (χ2v) is 7.08. The van der Waals surface area contributed by atoms with Gasteiger partial charge in [0.2, 0.25) is 0 Å². The van der Waals surface area contributed by atoms with Crippen LogP contribution in [0, 0.1) is 0 Å². The average Bonchev–Trinajstić information content (AvgIpc) is 3.33. The summed E-state index contributed by atoms with van der Waals surface area (Å²) in [5.41, 5.74) is 1.84. The lowest BCUT2D eigenvalue weighted by Crippen LogP contribution is -2.39. The number of fused-ring (bicyclic) bond motifs is 1. The third-order valence-electron chi connectivity index (χ3n) is 4.81. The van der Waals surface area contributed by atoms with E-state index < -0.39 is 0 Å². The van der Waals surface area contributed by atoms with Crippen molar-refractivity contribution < 1.29 is 0 Å². The molecule has 3 aromatic heterocycles. The fraction of sp³-hybridized carbons (Fsp3) is 0.471. The van der Waals surface area contributed by atoms with Gasteiger partial charge in [-0.25, -0.2) is 0 Å². The molecule has 4 heterocycles. The van der Waals surface area contributed by atoms with Crippen molar-refractivity contribution >= 4 is 22.8 Å². The second-order valence-electron chi connectivity index (χ2n) is 6.30. The molecule has 7 heteroatoms. The van der Waals surface area contributed by atoms with Crippen molar-refractivity contribution in [2.45, 2.75) is 25.8 Å². The minimum absolute atomic E-state index is 0.620. The number of nitrogens with zero attached hydrogens (tertiary/aromatic N) is 6. The highest BCUT2D eigenvalue weighted by Gasteiger charge is 2.24. The fourth-order valence-corrected chi connectivity index (χ4v) is 4.12. The Bertz CT molecular complexity index is 812. The summed E-state index contributed by atoms with van der Waals surface area (Å²) in [7, 11) is 2.12. The van der Waals surface area contributed by atoms with Gasteiger partial charge >= 0.3 is 0 Å². The number of likely N-dealkylation sites (tertiary alicyclic amines) is 1. The predicted octanol–water partition coefficient (Wildman–Crippen LogP) is 2.77. The van der Waals surface area contributed by atoms with Crippen molar-refractivity contribution in [2.24, 2.45) is 0 Å². The first kappa shape index (κ1) is 15.5. The molecule has 0 aliphatic carbocycles. The molecule has 1 unspecified atom stereocenters. The highest BCUT2D eigenvalue weighted by Crippen LogP contribution is 2.23. The summed E-state index contributed by atoms with van der Waals surface area (Å²) in [5.74, 6) is 1.76. The Labute approximate surface area is 145 Å². The number of hydrogen-bond acceptors (Lipinski definition) is 6. The fourth-order valence-electron chi connectivity index (χ4n) is 3.48. The van der Waals surface area contributed by atoms with E-state index in [0.717, 1.165) is 35.9 Å². The van der Waals surface area contributed by atoms with Crippen molar-refractivity contribution in [3.63, 3.8) is 0 Å². The minimum Gasteiger partial charge on any atom is -0.357 e. The molecule has 3 aromatic rings. The summed E-state index contributed by atoms with van der Waals surface area (Å²) in [5, 5.41) is 17.4. The van der Waals surface area contributed by atoms with Crippen molar-refractivity contribution in [2.75, 3.05) is 31.6 Å². The molecule has 0 radical (unpaired) electrons. The van der Waals surface area contributed by atoms with Crippen LogP contribution in [0.2, 0.25) is 0 Å². The molecule has 0 N–H and O–H groups in total. The summed E-state index contributed by atoms with van der Waals surface area (Å²) in [6.45, 7) is 5.59. The summed E-state index contributed by atoms with van der Waals surface area (Å²) < 4.78 is 1.85. The SMILES string of the molecule is CCN1CCCC1CN(C)c1ccc2nnc(-c3ccsc3)n2n1. The van der Waals surface area contributed by atoms with Crippen LogP contribution < -0.4 is 4.90 Å². The Morgan fingerprint density at radius 3 is 3.00 bits per heavy atom. The first-order valence-electron chi connectivity index (χ1n) is 8.46. The quantitative estimate of drug-likeness (QED) is 0.714. The topological polar surface area (TPSA) is 49.6 Å². The third-order valence-corrected chi connectivity index (χ3v) is 5.49. The standard InChI is InChI=1S/C17H22N6S/c1-3-22-9-4-5-14(22)11-21(2)16-7-6-15-18-19-17(23(15)20-16)13-8-10-24-12-13/h6-8,10,12,14H,3-5,9,11H2,1-2H3. The van der Waals surface area contributed by atoms with E-state index in [1.165, 1.54) is 19.4 Å². The van der Waals surface area contributed by atoms with Gasteiger partial charge in [-0.2, -0.15) is 15.9 Å². The Kier molecular flexibility index (Phi) is 4.20. The maximum Gasteiger partial charge on any atom is 0.186 e. The second kappa shape index (κ2) is 6.49. The van der Waals surface area contributed by atoms with Crippen molar-refractivity contribution in [3.8, 4) is 11.4 Å². The normalized spacial score (nSPS) is 18.5. The molecule has 1 fully saturated rings. The minimum atomic E-state index is 0.620. The molecule has 6 nitrogen and oxygen atoms in total. The number of rotatable bonds is 5. The zero-order chi connectivity index (χ0) is 16.5. The molecule has 0 bridgehead atoms. The maximum atomic E-state index is 4.79. The molecule has 1 saturated heterocycles. The van der Waals surface area contributed by atoms with Crippen LogP contribution in [0.25, 0.3) is 17.0 Å². The van der Waals surface area contributed by atoms with E-state index in [1.54, 1.807) is 11.3 Å². The summed E-state index contributed by atoms with van der Waals surface area (Å²) in [6, 6.07) is 6.70. The molecular weight excluding hydrogens is 320 g/mol. The van der Waals surface area contributed by atoms with Gasteiger partial charge in [-0.15, -0.1) is 15.3 Å². The van der Waals surface area contributed by atoms with E-state index >= 15 is 0 Å². The van der Waals surface area contributed by atoms with Crippen LogP contribution in [0.3, 0.4) is 0 Å². The van der Waals surface area contributed by atoms with E-state index in [2.05, 4.69) is 45.4 Å². The van der Waals surface area contributed by atoms with Crippen LogP contribution in [-0.2, 0) is 0 Å². The molecular formula is C17H22N6S. The molecule has 0 aromatic carbocycles. The molecule has 1 aliphatic rings. The molecule has 0 amide bonds. The van der Waals surface area contributed by atoms with Crippen LogP contribution >= 0.6 is 11.3 Å². The van der Waals surface area contributed by atoms with Crippen LogP contribution in [0.4, 0.5) is 5.82 Å². The predicted molar refractivity (Wildman–Crippen MR) is 97.6 cm³/mol. The monoisotopic (exact) mass is 342 g/mol. The maximum absolute atomic E-state index is 4.79. The molecule has 0 spiro atoms. The van der Waals surface area contributed by atoms with Gasteiger partial charge < -0.3 is 4.90 Å². The van der Waals surface area contributed by atoms with Crippen LogP contribution in [0.5, 0.6) is 0 Å². The van der Waals surface area contributed by atoms with Gasteiger partial charge in [0.05, 0.1) is 0 Å². The molecule has 0 saturated carbocycles. The number of hydrogen-bond donors (Lipinski definition) is 0. The first-order valence-corrected chi connectivity index (χ1v) is 9.40. The average molecular weight is 342 g/mol. The van der Waals surface area contributed by atoms with Gasteiger partial charge in [0.15, 0.2) is 11.5 Å². The zero-order valence-corrected chi connectivity index (χ0v) is 14.9. The molecule has 126 valence electrons. The number of anilines is 1. The molecule has 1 atom stereocenters. The Hall–Kier alpha value is -1.99. The van der Waals surface area contributed by atoms with Crippen molar-refractivity contribution in [3.05, 3.63) is 29.0 Å².